The second-order valence-corrected chi connectivity index (χ2v) is 6.19. The Labute approximate surface area is 122 Å². The molecule has 1 saturated carbocycles. The third-order valence-corrected chi connectivity index (χ3v) is 4.96. The molecule has 1 heterocycles. The van der Waals surface area contributed by atoms with E-state index in [9.17, 15) is 9.18 Å². The molecule has 1 atom stereocenters. The van der Waals surface area contributed by atoms with Crippen molar-refractivity contribution >= 4 is 17.5 Å². The lowest BCUT2D eigenvalue weighted by Crippen LogP contribution is -2.33. The van der Waals surface area contributed by atoms with E-state index in [1.807, 2.05) is 0 Å². The van der Waals surface area contributed by atoms with E-state index in [4.69, 9.17) is 11.6 Å². The minimum atomic E-state index is -0.370. The molecule has 1 aromatic carbocycles. The van der Waals surface area contributed by atoms with E-state index in [-0.39, 0.29) is 29.6 Å². The van der Waals surface area contributed by atoms with Crippen LogP contribution in [0.3, 0.4) is 0 Å². The highest BCUT2D eigenvalue weighted by Crippen LogP contribution is 2.58. The van der Waals surface area contributed by atoms with Gasteiger partial charge < -0.3 is 10.6 Å². The van der Waals surface area contributed by atoms with Gasteiger partial charge in [0.05, 0.1) is 0 Å². The van der Waals surface area contributed by atoms with Crippen molar-refractivity contribution in [3.8, 4) is 0 Å². The van der Waals surface area contributed by atoms with Crippen molar-refractivity contribution < 1.29 is 9.18 Å². The van der Waals surface area contributed by atoms with E-state index < -0.39 is 0 Å². The first-order valence-electron chi connectivity index (χ1n) is 7.04. The molecule has 2 aliphatic rings. The molecule has 1 spiro atoms. The van der Waals surface area contributed by atoms with Crippen molar-refractivity contribution in [3.05, 3.63) is 34.6 Å². The fourth-order valence-electron chi connectivity index (χ4n) is 3.20. The lowest BCUT2D eigenvalue weighted by molar-refractivity contribution is -0.123. The Bertz CT molecular complexity index is 508. The SMILES string of the molecule is O=C(NCc1c(F)cccc1Cl)C1CC12CCNCC2. The van der Waals surface area contributed by atoms with E-state index in [1.165, 1.54) is 6.07 Å². The van der Waals surface area contributed by atoms with Crippen LogP contribution in [0.25, 0.3) is 0 Å². The van der Waals surface area contributed by atoms with Gasteiger partial charge in [-0.25, -0.2) is 4.39 Å². The number of hydrogen-bond donors (Lipinski definition) is 2. The van der Waals surface area contributed by atoms with Crippen LogP contribution < -0.4 is 10.6 Å². The van der Waals surface area contributed by atoms with Crippen molar-refractivity contribution in [1.29, 1.82) is 0 Å². The number of amides is 1. The summed E-state index contributed by atoms with van der Waals surface area (Å²) < 4.78 is 13.6. The molecular weight excluding hydrogens is 279 g/mol. The molecule has 0 radical (unpaired) electrons. The molecule has 1 unspecified atom stereocenters. The van der Waals surface area contributed by atoms with Crippen LogP contribution in [0, 0.1) is 17.2 Å². The minimum Gasteiger partial charge on any atom is -0.352 e. The predicted octanol–water partition coefficient (Wildman–Crippen LogP) is 2.49. The summed E-state index contributed by atoms with van der Waals surface area (Å²) in [7, 11) is 0. The molecule has 5 heteroatoms. The van der Waals surface area contributed by atoms with Gasteiger partial charge in [0.15, 0.2) is 0 Å². The number of piperidine rings is 1. The molecule has 1 aromatic rings. The van der Waals surface area contributed by atoms with Crippen LogP contribution in [0.4, 0.5) is 4.39 Å². The number of carbonyl (C=O) groups excluding carboxylic acids is 1. The maximum Gasteiger partial charge on any atom is 0.223 e. The molecular formula is C15H18ClFN2O. The summed E-state index contributed by atoms with van der Waals surface area (Å²) in [5.41, 5.74) is 0.566. The second kappa shape index (κ2) is 5.34. The molecule has 3 rings (SSSR count). The smallest absolute Gasteiger partial charge is 0.223 e. The molecule has 2 fully saturated rings. The highest BCUT2D eigenvalue weighted by Gasteiger charge is 2.57. The van der Waals surface area contributed by atoms with E-state index in [2.05, 4.69) is 10.6 Å². The number of rotatable bonds is 3. The summed E-state index contributed by atoms with van der Waals surface area (Å²) in [6, 6.07) is 4.56. The first-order valence-corrected chi connectivity index (χ1v) is 7.41. The number of nitrogens with one attached hydrogen (secondary N) is 2. The molecule has 1 aliphatic carbocycles. The quantitative estimate of drug-likeness (QED) is 0.900. The maximum absolute atomic E-state index is 13.6. The zero-order chi connectivity index (χ0) is 14.2. The highest BCUT2D eigenvalue weighted by molar-refractivity contribution is 6.31. The summed E-state index contributed by atoms with van der Waals surface area (Å²) in [6.45, 7) is 2.14. The highest BCUT2D eigenvalue weighted by atomic mass is 35.5. The largest absolute Gasteiger partial charge is 0.352 e. The molecule has 1 aliphatic heterocycles. The normalized spacial score (nSPS) is 23.6. The topological polar surface area (TPSA) is 41.1 Å². The van der Waals surface area contributed by atoms with Crippen molar-refractivity contribution in [2.75, 3.05) is 13.1 Å². The zero-order valence-electron chi connectivity index (χ0n) is 11.2. The Hall–Kier alpha value is -1.13. The summed E-state index contributed by atoms with van der Waals surface area (Å²) in [6.07, 6.45) is 3.09. The van der Waals surface area contributed by atoms with Crippen molar-refractivity contribution in [3.63, 3.8) is 0 Å². The van der Waals surface area contributed by atoms with Gasteiger partial charge in [0.25, 0.3) is 0 Å². The van der Waals surface area contributed by atoms with Gasteiger partial charge in [-0.15, -0.1) is 0 Å². The predicted molar refractivity (Wildman–Crippen MR) is 75.9 cm³/mol. The molecule has 0 aromatic heterocycles. The first kappa shape index (κ1) is 13.8. The standard InChI is InChI=1S/C15H18ClFN2O/c16-12-2-1-3-13(17)10(12)9-19-14(20)11-8-15(11)4-6-18-7-5-15/h1-3,11,18H,4-9H2,(H,19,20). The Morgan fingerprint density at radius 1 is 1.45 bits per heavy atom. The molecule has 3 nitrogen and oxygen atoms in total. The second-order valence-electron chi connectivity index (χ2n) is 5.79. The number of benzene rings is 1. The van der Waals surface area contributed by atoms with Gasteiger partial charge in [0.2, 0.25) is 5.91 Å². The summed E-state index contributed by atoms with van der Waals surface area (Å²) in [5.74, 6) is -0.244. The first-order chi connectivity index (χ1) is 9.62. The lowest BCUT2D eigenvalue weighted by atomic mass is 9.92. The number of hydrogen-bond acceptors (Lipinski definition) is 2. The van der Waals surface area contributed by atoms with E-state index in [1.54, 1.807) is 12.1 Å². The van der Waals surface area contributed by atoms with Gasteiger partial charge in [0, 0.05) is 23.0 Å². The van der Waals surface area contributed by atoms with E-state index >= 15 is 0 Å². The fourth-order valence-corrected chi connectivity index (χ4v) is 3.43. The lowest BCUT2D eigenvalue weighted by Gasteiger charge is -2.23. The van der Waals surface area contributed by atoms with Crippen LogP contribution in [0.2, 0.25) is 5.02 Å². The van der Waals surface area contributed by atoms with E-state index in [0.29, 0.717) is 10.6 Å². The Morgan fingerprint density at radius 2 is 2.20 bits per heavy atom. The monoisotopic (exact) mass is 296 g/mol. The van der Waals surface area contributed by atoms with Gasteiger partial charge in [-0.2, -0.15) is 0 Å². The van der Waals surface area contributed by atoms with Crippen molar-refractivity contribution in [2.24, 2.45) is 11.3 Å². The molecule has 1 amide bonds. The average molecular weight is 297 g/mol. The van der Waals surface area contributed by atoms with Crippen LogP contribution in [0.5, 0.6) is 0 Å². The van der Waals surface area contributed by atoms with Crippen molar-refractivity contribution in [1.82, 2.24) is 10.6 Å². The molecule has 20 heavy (non-hydrogen) atoms. The Kier molecular flexibility index (Phi) is 3.69. The summed E-state index contributed by atoms with van der Waals surface area (Å²) in [5, 5.41) is 6.50. The average Bonchev–Trinajstić information content (AvgIpc) is 3.12. The third kappa shape index (κ3) is 2.54. The molecule has 108 valence electrons. The van der Waals surface area contributed by atoms with Gasteiger partial charge >= 0.3 is 0 Å². The van der Waals surface area contributed by atoms with Crippen LogP contribution in [-0.2, 0) is 11.3 Å². The van der Waals surface area contributed by atoms with Gasteiger partial charge in [-0.05, 0) is 49.9 Å². The van der Waals surface area contributed by atoms with Crippen LogP contribution >= 0.6 is 11.6 Å². The third-order valence-electron chi connectivity index (χ3n) is 4.61. The number of carbonyl (C=O) groups is 1. The summed E-state index contributed by atoms with van der Waals surface area (Å²) in [4.78, 5) is 12.2. The minimum absolute atomic E-state index is 0.0335. The van der Waals surface area contributed by atoms with Gasteiger partial charge in [0.1, 0.15) is 5.82 Å². The Morgan fingerprint density at radius 3 is 2.90 bits per heavy atom. The molecule has 0 bridgehead atoms. The Balaban J connectivity index is 1.58. The fraction of sp³-hybridized carbons (Fsp3) is 0.533. The van der Waals surface area contributed by atoms with Gasteiger partial charge in [-0.3, -0.25) is 4.79 Å². The molecule has 2 N–H and O–H groups in total. The van der Waals surface area contributed by atoms with Crippen LogP contribution in [0.15, 0.2) is 18.2 Å². The van der Waals surface area contributed by atoms with Gasteiger partial charge in [-0.1, -0.05) is 17.7 Å². The summed E-state index contributed by atoms with van der Waals surface area (Å²) >= 11 is 5.95. The van der Waals surface area contributed by atoms with E-state index in [0.717, 1.165) is 32.4 Å². The van der Waals surface area contributed by atoms with Crippen LogP contribution in [0.1, 0.15) is 24.8 Å². The number of halogens is 2. The van der Waals surface area contributed by atoms with Crippen molar-refractivity contribution in [2.45, 2.75) is 25.8 Å². The zero-order valence-corrected chi connectivity index (χ0v) is 12.0. The maximum atomic E-state index is 13.6. The van der Waals surface area contributed by atoms with Crippen LogP contribution in [-0.4, -0.2) is 19.0 Å². The molecule has 1 saturated heterocycles.